The van der Waals surface area contributed by atoms with E-state index in [1.165, 1.54) is 0 Å². The van der Waals surface area contributed by atoms with Crippen molar-refractivity contribution in [3.05, 3.63) is 36.0 Å². The van der Waals surface area contributed by atoms with Gasteiger partial charge in [-0.2, -0.15) is 0 Å². The zero-order valence-electron chi connectivity index (χ0n) is 12.3. The first-order valence-electron chi connectivity index (χ1n) is 6.85. The largest absolute Gasteiger partial charge is 0.383 e. The molecule has 112 valence electrons. The standard InChI is InChI=1S/C15H20N4O2/c1-3-19(8-9-21-2)15(20)14-10-13(18-16)11-6-4-5-7-12(11)17-14/h4-7,10H,3,8-9,16H2,1-2H3,(H,17,18). The minimum atomic E-state index is -0.128. The highest BCUT2D eigenvalue weighted by Gasteiger charge is 2.17. The predicted molar refractivity (Wildman–Crippen MR) is 83.0 cm³/mol. The number of amides is 1. The Hall–Kier alpha value is -2.18. The number of benzene rings is 1. The van der Waals surface area contributed by atoms with E-state index in [1.54, 1.807) is 18.1 Å². The maximum Gasteiger partial charge on any atom is 0.272 e. The molecule has 6 nitrogen and oxygen atoms in total. The number of anilines is 1. The summed E-state index contributed by atoms with van der Waals surface area (Å²) in [6.45, 7) is 3.56. The minimum absolute atomic E-state index is 0.128. The van der Waals surface area contributed by atoms with Crippen LogP contribution in [0.15, 0.2) is 30.3 Å². The highest BCUT2D eigenvalue weighted by atomic mass is 16.5. The Kier molecular flexibility index (Phi) is 5.08. The summed E-state index contributed by atoms with van der Waals surface area (Å²) in [5.41, 5.74) is 4.43. The van der Waals surface area contributed by atoms with Crippen LogP contribution in [0.3, 0.4) is 0 Å². The molecule has 0 fully saturated rings. The van der Waals surface area contributed by atoms with E-state index in [0.717, 1.165) is 10.9 Å². The van der Waals surface area contributed by atoms with Crippen LogP contribution in [0, 0.1) is 0 Å². The molecule has 1 heterocycles. The van der Waals surface area contributed by atoms with E-state index in [2.05, 4.69) is 10.4 Å². The third-order valence-electron chi connectivity index (χ3n) is 3.33. The van der Waals surface area contributed by atoms with E-state index >= 15 is 0 Å². The second-order valence-electron chi connectivity index (χ2n) is 4.59. The van der Waals surface area contributed by atoms with Gasteiger partial charge in [0.1, 0.15) is 5.69 Å². The number of ether oxygens (including phenoxy) is 1. The van der Waals surface area contributed by atoms with Crippen molar-refractivity contribution >= 4 is 22.5 Å². The summed E-state index contributed by atoms with van der Waals surface area (Å²) in [5.74, 6) is 5.42. The summed E-state index contributed by atoms with van der Waals surface area (Å²) in [7, 11) is 1.61. The number of aromatic nitrogens is 1. The van der Waals surface area contributed by atoms with Crippen LogP contribution >= 0.6 is 0 Å². The van der Waals surface area contributed by atoms with Gasteiger partial charge in [0.15, 0.2) is 0 Å². The number of hydrazine groups is 1. The quantitative estimate of drug-likeness (QED) is 0.624. The van der Waals surface area contributed by atoms with Crippen molar-refractivity contribution in [1.82, 2.24) is 9.88 Å². The lowest BCUT2D eigenvalue weighted by Gasteiger charge is -2.20. The molecule has 1 aromatic heterocycles. The maximum absolute atomic E-state index is 12.5. The third-order valence-corrected chi connectivity index (χ3v) is 3.33. The fraction of sp³-hybridized carbons (Fsp3) is 0.333. The van der Waals surface area contributed by atoms with Crippen LogP contribution in [0.4, 0.5) is 5.69 Å². The van der Waals surface area contributed by atoms with Gasteiger partial charge < -0.3 is 15.1 Å². The van der Waals surface area contributed by atoms with Gasteiger partial charge in [-0.15, -0.1) is 0 Å². The zero-order chi connectivity index (χ0) is 15.2. The fourth-order valence-corrected chi connectivity index (χ4v) is 2.17. The number of carbonyl (C=O) groups is 1. The zero-order valence-corrected chi connectivity index (χ0v) is 12.3. The van der Waals surface area contributed by atoms with Crippen LogP contribution in [0.25, 0.3) is 10.9 Å². The predicted octanol–water partition coefficient (Wildman–Crippen LogP) is 1.63. The first kappa shape index (κ1) is 15.2. The van der Waals surface area contributed by atoms with Crippen LogP contribution in [0.1, 0.15) is 17.4 Å². The molecule has 0 radical (unpaired) electrons. The molecular weight excluding hydrogens is 268 g/mol. The SMILES string of the molecule is CCN(CCOC)C(=O)c1cc(NN)c2ccccc2n1. The number of fused-ring (bicyclic) bond motifs is 1. The molecule has 2 rings (SSSR count). The Labute approximate surface area is 123 Å². The van der Waals surface area contributed by atoms with E-state index in [0.29, 0.717) is 31.1 Å². The first-order valence-corrected chi connectivity index (χ1v) is 6.85. The van der Waals surface area contributed by atoms with Gasteiger partial charge in [-0.05, 0) is 19.1 Å². The molecule has 0 saturated carbocycles. The average Bonchev–Trinajstić information content (AvgIpc) is 2.54. The van der Waals surface area contributed by atoms with Crippen molar-refractivity contribution in [1.29, 1.82) is 0 Å². The van der Waals surface area contributed by atoms with Crippen LogP contribution in [0.5, 0.6) is 0 Å². The average molecular weight is 288 g/mol. The van der Waals surface area contributed by atoms with Crippen molar-refractivity contribution in [2.45, 2.75) is 6.92 Å². The molecule has 21 heavy (non-hydrogen) atoms. The van der Waals surface area contributed by atoms with E-state index in [1.807, 2.05) is 31.2 Å². The summed E-state index contributed by atoms with van der Waals surface area (Å²) in [6, 6.07) is 9.24. The summed E-state index contributed by atoms with van der Waals surface area (Å²) in [5, 5.41) is 0.886. The Morgan fingerprint density at radius 3 is 2.86 bits per heavy atom. The van der Waals surface area contributed by atoms with Gasteiger partial charge in [-0.25, -0.2) is 4.98 Å². The molecule has 0 saturated heterocycles. The fourth-order valence-electron chi connectivity index (χ4n) is 2.17. The molecular formula is C15H20N4O2. The Morgan fingerprint density at radius 2 is 2.19 bits per heavy atom. The molecule has 2 aromatic rings. The number of carbonyl (C=O) groups excluding carboxylic acids is 1. The van der Waals surface area contributed by atoms with Gasteiger partial charge in [0.25, 0.3) is 5.91 Å². The lowest BCUT2D eigenvalue weighted by atomic mass is 10.1. The molecule has 1 aromatic carbocycles. The second-order valence-corrected chi connectivity index (χ2v) is 4.59. The van der Waals surface area contributed by atoms with Gasteiger partial charge in [0.2, 0.25) is 0 Å². The normalized spacial score (nSPS) is 10.6. The van der Waals surface area contributed by atoms with Crippen molar-refractivity contribution < 1.29 is 9.53 Å². The van der Waals surface area contributed by atoms with Gasteiger partial charge in [-0.3, -0.25) is 10.6 Å². The van der Waals surface area contributed by atoms with E-state index in [9.17, 15) is 4.79 Å². The van der Waals surface area contributed by atoms with E-state index in [4.69, 9.17) is 10.6 Å². The van der Waals surface area contributed by atoms with Gasteiger partial charge in [0.05, 0.1) is 17.8 Å². The summed E-state index contributed by atoms with van der Waals surface area (Å²) in [4.78, 5) is 18.7. The van der Waals surface area contributed by atoms with E-state index < -0.39 is 0 Å². The topological polar surface area (TPSA) is 80.5 Å². The molecule has 0 aliphatic heterocycles. The number of nitrogens with zero attached hydrogens (tertiary/aromatic N) is 2. The number of rotatable bonds is 6. The Balaban J connectivity index is 2.38. The lowest BCUT2D eigenvalue weighted by molar-refractivity contribution is 0.0701. The number of nitrogen functional groups attached to an aromatic ring is 1. The number of hydrogen-bond acceptors (Lipinski definition) is 5. The van der Waals surface area contributed by atoms with Crippen LogP contribution in [-0.2, 0) is 4.74 Å². The highest BCUT2D eigenvalue weighted by Crippen LogP contribution is 2.22. The van der Waals surface area contributed by atoms with Gasteiger partial charge in [0, 0.05) is 25.6 Å². The summed E-state index contributed by atoms with van der Waals surface area (Å²) in [6.07, 6.45) is 0. The van der Waals surface area contributed by atoms with Gasteiger partial charge in [-0.1, -0.05) is 18.2 Å². The number of likely N-dealkylation sites (N-methyl/N-ethyl adjacent to an activating group) is 1. The molecule has 0 bridgehead atoms. The first-order chi connectivity index (χ1) is 10.2. The van der Waals surface area contributed by atoms with Crippen molar-refractivity contribution in [2.75, 3.05) is 32.2 Å². The van der Waals surface area contributed by atoms with Crippen molar-refractivity contribution in [2.24, 2.45) is 5.84 Å². The second kappa shape index (κ2) is 7.01. The van der Waals surface area contributed by atoms with Crippen LogP contribution < -0.4 is 11.3 Å². The molecule has 6 heteroatoms. The number of para-hydroxylation sites is 1. The molecule has 0 atom stereocenters. The molecule has 0 aliphatic rings. The Bertz CT molecular complexity index is 630. The number of pyridine rings is 1. The molecule has 3 N–H and O–H groups in total. The van der Waals surface area contributed by atoms with Gasteiger partial charge >= 0.3 is 0 Å². The van der Waals surface area contributed by atoms with Crippen LogP contribution in [0.2, 0.25) is 0 Å². The summed E-state index contributed by atoms with van der Waals surface area (Å²) < 4.78 is 5.03. The smallest absolute Gasteiger partial charge is 0.272 e. The highest BCUT2D eigenvalue weighted by molar-refractivity contribution is 5.99. The number of nitrogens with two attached hydrogens (primary N) is 1. The number of nitrogens with one attached hydrogen (secondary N) is 1. The lowest BCUT2D eigenvalue weighted by Crippen LogP contribution is -2.34. The summed E-state index contributed by atoms with van der Waals surface area (Å²) >= 11 is 0. The molecule has 0 aliphatic carbocycles. The molecule has 1 amide bonds. The minimum Gasteiger partial charge on any atom is -0.383 e. The van der Waals surface area contributed by atoms with Crippen LogP contribution in [-0.4, -0.2) is 42.6 Å². The number of hydrogen-bond donors (Lipinski definition) is 2. The Morgan fingerprint density at radius 1 is 1.43 bits per heavy atom. The monoisotopic (exact) mass is 288 g/mol. The maximum atomic E-state index is 12.5. The third kappa shape index (κ3) is 3.29. The molecule has 0 unspecified atom stereocenters. The molecule has 0 spiro atoms. The van der Waals surface area contributed by atoms with E-state index in [-0.39, 0.29) is 5.91 Å². The van der Waals surface area contributed by atoms with Crippen molar-refractivity contribution in [3.63, 3.8) is 0 Å². The van der Waals surface area contributed by atoms with Crippen molar-refractivity contribution in [3.8, 4) is 0 Å². The number of methoxy groups -OCH3 is 1.